The standard InChI is InChI=1S/C28H34N2O3/c1-4-6-7-8-9-22-10-12-23(13-11-22)25-19-29-27(30-20-25)24-14-16-26(17-15-24)33-21(3)28(31)32-18-5-2/h10-17,19-21H,4-9,18H2,1-3H3. The Morgan fingerprint density at radius 1 is 0.818 bits per heavy atom. The van der Waals surface area contributed by atoms with Gasteiger partial charge in [0.2, 0.25) is 0 Å². The van der Waals surface area contributed by atoms with Crippen LogP contribution in [-0.2, 0) is 16.0 Å². The van der Waals surface area contributed by atoms with E-state index in [2.05, 4.69) is 41.2 Å². The Kier molecular flexibility index (Phi) is 9.43. The highest BCUT2D eigenvalue weighted by Crippen LogP contribution is 2.23. The van der Waals surface area contributed by atoms with Gasteiger partial charge in [0.25, 0.3) is 0 Å². The maximum absolute atomic E-state index is 11.9. The summed E-state index contributed by atoms with van der Waals surface area (Å²) in [5, 5.41) is 0. The third-order valence-electron chi connectivity index (χ3n) is 5.46. The lowest BCUT2D eigenvalue weighted by Crippen LogP contribution is -2.26. The van der Waals surface area contributed by atoms with Crippen molar-refractivity contribution in [3.63, 3.8) is 0 Å². The first-order valence-corrected chi connectivity index (χ1v) is 12.0. The van der Waals surface area contributed by atoms with E-state index in [1.165, 1.54) is 31.2 Å². The number of benzene rings is 2. The number of aromatic nitrogens is 2. The maximum Gasteiger partial charge on any atom is 0.347 e. The van der Waals surface area contributed by atoms with Gasteiger partial charge in [-0.05, 0) is 61.6 Å². The molecule has 5 nitrogen and oxygen atoms in total. The van der Waals surface area contributed by atoms with Crippen molar-refractivity contribution in [2.24, 2.45) is 0 Å². The minimum atomic E-state index is -0.652. The van der Waals surface area contributed by atoms with Gasteiger partial charge in [-0.15, -0.1) is 0 Å². The Morgan fingerprint density at radius 3 is 2.12 bits per heavy atom. The van der Waals surface area contributed by atoms with Gasteiger partial charge in [-0.25, -0.2) is 14.8 Å². The zero-order valence-corrected chi connectivity index (χ0v) is 19.9. The fourth-order valence-electron chi connectivity index (χ4n) is 3.50. The number of rotatable bonds is 12. The van der Waals surface area contributed by atoms with Crippen LogP contribution in [0.4, 0.5) is 0 Å². The topological polar surface area (TPSA) is 61.3 Å². The van der Waals surface area contributed by atoms with Gasteiger partial charge in [0.05, 0.1) is 6.61 Å². The van der Waals surface area contributed by atoms with Gasteiger partial charge < -0.3 is 9.47 Å². The van der Waals surface area contributed by atoms with Crippen LogP contribution in [0.3, 0.4) is 0 Å². The fourth-order valence-corrected chi connectivity index (χ4v) is 3.50. The van der Waals surface area contributed by atoms with E-state index in [-0.39, 0.29) is 5.97 Å². The fraction of sp³-hybridized carbons (Fsp3) is 0.393. The van der Waals surface area contributed by atoms with Crippen LogP contribution in [-0.4, -0.2) is 28.6 Å². The van der Waals surface area contributed by atoms with Gasteiger partial charge in [-0.2, -0.15) is 0 Å². The summed E-state index contributed by atoms with van der Waals surface area (Å²) in [5.41, 5.74) is 4.38. The molecule has 0 aliphatic carbocycles. The van der Waals surface area contributed by atoms with E-state index in [1.807, 2.05) is 43.6 Å². The van der Waals surface area contributed by atoms with Crippen molar-refractivity contribution in [2.75, 3.05) is 6.61 Å². The van der Waals surface area contributed by atoms with Crippen LogP contribution < -0.4 is 4.74 Å². The first kappa shape index (κ1) is 24.4. The van der Waals surface area contributed by atoms with Crippen molar-refractivity contribution in [1.29, 1.82) is 0 Å². The van der Waals surface area contributed by atoms with E-state index in [4.69, 9.17) is 9.47 Å². The highest BCUT2D eigenvalue weighted by atomic mass is 16.6. The molecule has 33 heavy (non-hydrogen) atoms. The molecule has 5 heteroatoms. The number of carbonyl (C=O) groups excluding carboxylic acids is 1. The maximum atomic E-state index is 11.9. The summed E-state index contributed by atoms with van der Waals surface area (Å²) in [6.07, 6.45) is 10.1. The monoisotopic (exact) mass is 446 g/mol. The third-order valence-corrected chi connectivity index (χ3v) is 5.46. The first-order chi connectivity index (χ1) is 16.1. The van der Waals surface area contributed by atoms with Crippen LogP contribution in [0.1, 0.15) is 58.4 Å². The van der Waals surface area contributed by atoms with Crippen LogP contribution in [0.25, 0.3) is 22.5 Å². The Balaban J connectivity index is 1.58. The predicted octanol–water partition coefficient (Wildman–Crippen LogP) is 6.65. The van der Waals surface area contributed by atoms with Crippen LogP contribution in [0, 0.1) is 0 Å². The quantitative estimate of drug-likeness (QED) is 0.230. The molecule has 1 atom stereocenters. The minimum Gasteiger partial charge on any atom is -0.479 e. The first-order valence-electron chi connectivity index (χ1n) is 12.0. The number of hydrogen-bond donors (Lipinski definition) is 0. The van der Waals surface area contributed by atoms with E-state index in [0.717, 1.165) is 29.5 Å². The van der Waals surface area contributed by atoms with Gasteiger partial charge in [-0.3, -0.25) is 0 Å². The molecule has 1 aromatic heterocycles. The van der Waals surface area contributed by atoms with Crippen molar-refractivity contribution < 1.29 is 14.3 Å². The highest BCUT2D eigenvalue weighted by molar-refractivity contribution is 5.74. The molecule has 3 rings (SSSR count). The van der Waals surface area contributed by atoms with E-state index < -0.39 is 6.10 Å². The summed E-state index contributed by atoms with van der Waals surface area (Å²) in [6.45, 7) is 6.29. The van der Waals surface area contributed by atoms with Gasteiger partial charge in [0.1, 0.15) is 5.75 Å². The SMILES string of the molecule is CCCCCCc1ccc(-c2cnc(-c3ccc(OC(C)C(=O)OCCC)cc3)nc2)cc1. The minimum absolute atomic E-state index is 0.357. The molecule has 0 amide bonds. The van der Waals surface area contributed by atoms with Gasteiger partial charge in [-0.1, -0.05) is 57.4 Å². The Morgan fingerprint density at radius 2 is 1.48 bits per heavy atom. The molecule has 1 unspecified atom stereocenters. The normalized spacial score (nSPS) is 11.7. The number of aryl methyl sites for hydroxylation is 1. The highest BCUT2D eigenvalue weighted by Gasteiger charge is 2.16. The van der Waals surface area contributed by atoms with Crippen LogP contribution >= 0.6 is 0 Å². The second kappa shape index (κ2) is 12.7. The van der Waals surface area contributed by atoms with E-state index >= 15 is 0 Å². The molecule has 0 aliphatic heterocycles. The smallest absolute Gasteiger partial charge is 0.347 e. The molecule has 0 aliphatic rings. The molecule has 0 radical (unpaired) electrons. The number of carbonyl (C=O) groups is 1. The Bertz CT molecular complexity index is 983. The van der Waals surface area contributed by atoms with Crippen molar-refractivity contribution in [1.82, 2.24) is 9.97 Å². The molecule has 174 valence electrons. The zero-order chi connectivity index (χ0) is 23.5. The van der Waals surface area contributed by atoms with Crippen molar-refractivity contribution in [3.8, 4) is 28.3 Å². The van der Waals surface area contributed by atoms with Crippen LogP contribution in [0.15, 0.2) is 60.9 Å². The average molecular weight is 447 g/mol. The molecule has 0 bridgehead atoms. The summed E-state index contributed by atoms with van der Waals surface area (Å²) in [7, 11) is 0. The number of ether oxygens (including phenoxy) is 2. The number of nitrogens with zero attached hydrogens (tertiary/aromatic N) is 2. The van der Waals surface area contributed by atoms with Crippen molar-refractivity contribution in [2.45, 2.75) is 65.4 Å². The van der Waals surface area contributed by atoms with Gasteiger partial charge in [0, 0.05) is 23.5 Å². The lowest BCUT2D eigenvalue weighted by atomic mass is 10.0. The molecule has 0 saturated carbocycles. The lowest BCUT2D eigenvalue weighted by molar-refractivity contribution is -0.151. The molecule has 2 aromatic carbocycles. The number of unbranched alkanes of at least 4 members (excludes halogenated alkanes) is 3. The largest absolute Gasteiger partial charge is 0.479 e. The summed E-state index contributed by atoms with van der Waals surface area (Å²) >= 11 is 0. The van der Waals surface area contributed by atoms with E-state index in [1.54, 1.807) is 6.92 Å². The van der Waals surface area contributed by atoms with Crippen molar-refractivity contribution in [3.05, 3.63) is 66.5 Å². The Labute approximate surface area is 197 Å². The second-order valence-electron chi connectivity index (χ2n) is 8.25. The molecule has 3 aromatic rings. The summed E-state index contributed by atoms with van der Waals surface area (Å²) in [4.78, 5) is 21.0. The van der Waals surface area contributed by atoms with Crippen molar-refractivity contribution >= 4 is 5.97 Å². The molecule has 0 N–H and O–H groups in total. The molecule has 0 saturated heterocycles. The predicted molar refractivity (Wildman–Crippen MR) is 132 cm³/mol. The Hall–Kier alpha value is -3.21. The summed E-state index contributed by atoms with van der Waals surface area (Å²) < 4.78 is 10.8. The molecule has 0 spiro atoms. The second-order valence-corrected chi connectivity index (χ2v) is 8.25. The van der Waals surface area contributed by atoms with Crippen LogP contribution in [0.5, 0.6) is 5.75 Å². The lowest BCUT2D eigenvalue weighted by Gasteiger charge is -2.14. The summed E-state index contributed by atoms with van der Waals surface area (Å²) in [5.74, 6) is 0.892. The molecular weight excluding hydrogens is 412 g/mol. The number of hydrogen-bond acceptors (Lipinski definition) is 5. The van der Waals surface area contributed by atoms with E-state index in [9.17, 15) is 4.79 Å². The van der Waals surface area contributed by atoms with Crippen LogP contribution in [0.2, 0.25) is 0 Å². The molecule has 0 fully saturated rings. The number of esters is 1. The molecular formula is C28H34N2O3. The summed E-state index contributed by atoms with van der Waals surface area (Å²) in [6, 6.07) is 16.1. The van der Waals surface area contributed by atoms with E-state index in [0.29, 0.717) is 18.2 Å². The van der Waals surface area contributed by atoms with Gasteiger partial charge >= 0.3 is 5.97 Å². The van der Waals surface area contributed by atoms with Gasteiger partial charge in [0.15, 0.2) is 11.9 Å². The molecule has 1 heterocycles. The zero-order valence-electron chi connectivity index (χ0n) is 19.9. The average Bonchev–Trinajstić information content (AvgIpc) is 2.86. The third kappa shape index (κ3) is 7.41.